The number of thiazole rings is 1. The first-order valence-electron chi connectivity index (χ1n) is 10.9. The average Bonchev–Trinajstić information content (AvgIpc) is 3.38. The molecular weight excluding hydrogens is 484 g/mol. The van der Waals surface area contributed by atoms with Crippen LogP contribution in [0.5, 0.6) is 5.75 Å². The molecule has 1 N–H and O–H groups in total. The molecule has 1 aliphatic rings. The zero-order valence-electron chi connectivity index (χ0n) is 19.2. The number of carbonyl (C=O) groups excluding carboxylic acids is 2. The van der Waals surface area contributed by atoms with E-state index >= 15 is 0 Å². The minimum absolute atomic E-state index is 0.0160. The first kappa shape index (κ1) is 23.1. The second-order valence-electron chi connectivity index (χ2n) is 8.38. The summed E-state index contributed by atoms with van der Waals surface area (Å²) in [5, 5.41) is 12.2. The number of anilines is 1. The minimum Gasteiger partial charge on any atom is -0.507 e. The van der Waals surface area contributed by atoms with Crippen LogP contribution in [-0.4, -0.2) is 28.9 Å². The predicted octanol–water partition coefficient (Wildman–Crippen LogP) is 6.20. The van der Waals surface area contributed by atoms with E-state index in [9.17, 15) is 14.7 Å². The maximum absolute atomic E-state index is 13.4. The molecule has 6 nitrogen and oxygen atoms in total. The van der Waals surface area contributed by atoms with Crippen molar-refractivity contribution < 1.29 is 19.4 Å². The van der Waals surface area contributed by atoms with Crippen LogP contribution in [0.1, 0.15) is 28.3 Å². The van der Waals surface area contributed by atoms with Crippen molar-refractivity contribution in [1.82, 2.24) is 4.98 Å². The van der Waals surface area contributed by atoms with Crippen LogP contribution < -0.4 is 9.64 Å². The number of aryl methyl sites for hydroxylation is 2. The summed E-state index contributed by atoms with van der Waals surface area (Å²) in [6.45, 7) is 3.96. The fourth-order valence-electron chi connectivity index (χ4n) is 4.38. The van der Waals surface area contributed by atoms with E-state index in [0.29, 0.717) is 27.0 Å². The van der Waals surface area contributed by atoms with E-state index in [1.165, 1.54) is 23.3 Å². The summed E-state index contributed by atoms with van der Waals surface area (Å²) in [4.78, 5) is 32.9. The van der Waals surface area contributed by atoms with Gasteiger partial charge in [-0.15, -0.1) is 0 Å². The van der Waals surface area contributed by atoms with E-state index in [2.05, 4.69) is 0 Å². The fourth-order valence-corrected chi connectivity index (χ4v) is 5.67. The number of hydrogen-bond donors (Lipinski definition) is 1. The van der Waals surface area contributed by atoms with Crippen molar-refractivity contribution in [2.75, 3.05) is 12.0 Å². The number of ether oxygens (including phenoxy) is 1. The maximum atomic E-state index is 13.4. The van der Waals surface area contributed by atoms with Crippen LogP contribution in [0, 0.1) is 13.8 Å². The molecule has 0 spiro atoms. The monoisotopic (exact) mass is 504 g/mol. The zero-order chi connectivity index (χ0) is 24.9. The van der Waals surface area contributed by atoms with Gasteiger partial charge in [0.1, 0.15) is 11.5 Å². The Bertz CT molecular complexity index is 1520. The number of halogens is 1. The highest BCUT2D eigenvalue weighted by Crippen LogP contribution is 2.45. The number of fused-ring (bicyclic) bond motifs is 1. The summed E-state index contributed by atoms with van der Waals surface area (Å²) in [5.74, 6) is -1.29. The van der Waals surface area contributed by atoms with Gasteiger partial charge in [0, 0.05) is 10.6 Å². The molecule has 1 fully saturated rings. The highest BCUT2D eigenvalue weighted by Gasteiger charge is 2.48. The molecule has 1 aliphatic heterocycles. The molecule has 1 saturated heterocycles. The molecule has 4 aromatic rings. The smallest absolute Gasteiger partial charge is 0.301 e. The Morgan fingerprint density at radius 3 is 2.54 bits per heavy atom. The second kappa shape index (κ2) is 8.83. The Hall–Kier alpha value is -3.68. The number of rotatable bonds is 4. The topological polar surface area (TPSA) is 79.7 Å². The molecule has 35 heavy (non-hydrogen) atoms. The van der Waals surface area contributed by atoms with Gasteiger partial charge < -0.3 is 9.84 Å². The van der Waals surface area contributed by atoms with E-state index in [4.69, 9.17) is 21.3 Å². The molecule has 0 unspecified atom stereocenters. The number of hydrogen-bond acceptors (Lipinski definition) is 6. The SMILES string of the molecule is COc1cccc(/C(O)=C2\C(=O)C(=O)N(c3nc4c(C)cc(C)cc4s3)[C@@H]2c2ccc(Cl)cc2)c1. The normalized spacial score (nSPS) is 17.4. The van der Waals surface area contributed by atoms with Gasteiger partial charge in [0.05, 0.1) is 28.9 Å². The lowest BCUT2D eigenvalue weighted by Crippen LogP contribution is -2.29. The van der Waals surface area contributed by atoms with Gasteiger partial charge >= 0.3 is 5.91 Å². The Morgan fingerprint density at radius 1 is 1.09 bits per heavy atom. The molecule has 0 radical (unpaired) electrons. The number of amides is 1. The third-order valence-corrected chi connectivity index (χ3v) is 7.25. The molecule has 1 aromatic heterocycles. The molecule has 176 valence electrons. The van der Waals surface area contributed by atoms with Gasteiger partial charge in [0.15, 0.2) is 5.13 Å². The van der Waals surface area contributed by atoms with E-state index in [1.807, 2.05) is 26.0 Å². The van der Waals surface area contributed by atoms with Crippen LogP contribution >= 0.6 is 22.9 Å². The number of Topliss-reactive ketones (excluding diaryl/α,β-unsaturated/α-hetero) is 1. The molecule has 0 bridgehead atoms. The van der Waals surface area contributed by atoms with Crippen LogP contribution in [0.15, 0.2) is 66.2 Å². The van der Waals surface area contributed by atoms with Gasteiger partial charge in [-0.25, -0.2) is 4.98 Å². The van der Waals surface area contributed by atoms with Crippen molar-refractivity contribution in [3.8, 4) is 5.75 Å². The lowest BCUT2D eigenvalue weighted by atomic mass is 9.95. The second-order valence-corrected chi connectivity index (χ2v) is 9.82. The van der Waals surface area contributed by atoms with Crippen molar-refractivity contribution in [2.45, 2.75) is 19.9 Å². The number of methoxy groups -OCH3 is 1. The summed E-state index contributed by atoms with van der Waals surface area (Å²) in [6.07, 6.45) is 0. The van der Waals surface area contributed by atoms with Crippen LogP contribution in [0.25, 0.3) is 16.0 Å². The van der Waals surface area contributed by atoms with Crippen molar-refractivity contribution >= 4 is 55.7 Å². The van der Waals surface area contributed by atoms with Crippen LogP contribution in [-0.2, 0) is 9.59 Å². The summed E-state index contributed by atoms with van der Waals surface area (Å²) in [7, 11) is 1.52. The first-order valence-corrected chi connectivity index (χ1v) is 12.1. The van der Waals surface area contributed by atoms with Gasteiger partial charge in [0.2, 0.25) is 0 Å². The van der Waals surface area contributed by atoms with Gasteiger partial charge in [-0.1, -0.05) is 53.3 Å². The Kier molecular flexibility index (Phi) is 5.83. The van der Waals surface area contributed by atoms with Gasteiger partial charge in [0.25, 0.3) is 5.78 Å². The van der Waals surface area contributed by atoms with Gasteiger partial charge in [-0.3, -0.25) is 14.5 Å². The van der Waals surface area contributed by atoms with E-state index in [0.717, 1.165) is 21.3 Å². The molecule has 0 aliphatic carbocycles. The number of carbonyl (C=O) groups is 2. The zero-order valence-corrected chi connectivity index (χ0v) is 20.8. The lowest BCUT2D eigenvalue weighted by Gasteiger charge is -2.23. The fraction of sp³-hybridized carbons (Fsp3) is 0.148. The molecular formula is C27H21ClN2O4S. The molecule has 8 heteroatoms. The van der Waals surface area contributed by atoms with Gasteiger partial charge in [-0.05, 0) is 60.9 Å². The number of benzene rings is 3. The first-order chi connectivity index (χ1) is 16.8. The Labute approximate surface area is 211 Å². The largest absolute Gasteiger partial charge is 0.507 e. The maximum Gasteiger partial charge on any atom is 0.301 e. The average molecular weight is 505 g/mol. The lowest BCUT2D eigenvalue weighted by molar-refractivity contribution is -0.132. The minimum atomic E-state index is -0.875. The number of aromatic nitrogens is 1. The number of ketones is 1. The van der Waals surface area contributed by atoms with Crippen LogP contribution in [0.4, 0.5) is 5.13 Å². The molecule has 3 aromatic carbocycles. The Balaban J connectivity index is 1.74. The van der Waals surface area contributed by atoms with Crippen molar-refractivity contribution in [2.24, 2.45) is 0 Å². The van der Waals surface area contributed by atoms with E-state index < -0.39 is 17.7 Å². The third-order valence-electron chi connectivity index (χ3n) is 6.00. The predicted molar refractivity (Wildman–Crippen MR) is 138 cm³/mol. The summed E-state index contributed by atoms with van der Waals surface area (Å²) >= 11 is 7.45. The Morgan fingerprint density at radius 2 is 1.83 bits per heavy atom. The summed E-state index contributed by atoms with van der Waals surface area (Å²) < 4.78 is 6.18. The van der Waals surface area contributed by atoms with Gasteiger partial charge in [-0.2, -0.15) is 0 Å². The number of aliphatic hydroxyl groups excluding tert-OH is 1. The number of nitrogens with zero attached hydrogens (tertiary/aromatic N) is 2. The van der Waals surface area contributed by atoms with Crippen LogP contribution in [0.3, 0.4) is 0 Å². The summed E-state index contributed by atoms with van der Waals surface area (Å²) in [6, 6.07) is 16.7. The molecule has 1 atom stereocenters. The summed E-state index contributed by atoms with van der Waals surface area (Å²) in [5.41, 5.74) is 3.83. The molecule has 5 rings (SSSR count). The third kappa shape index (κ3) is 3.96. The molecule has 2 heterocycles. The van der Waals surface area contributed by atoms with E-state index in [1.54, 1.807) is 48.5 Å². The standard InChI is InChI=1S/C27H21ClN2O4S/c1-14-11-15(2)22-20(12-14)35-27(29-22)30-23(16-7-9-18(28)10-8-16)21(25(32)26(30)33)24(31)17-5-4-6-19(13-17)34-3/h4-13,23,31H,1-3H3/b24-21+/t23-/m1/s1. The number of aliphatic hydroxyl groups is 1. The van der Waals surface area contributed by atoms with Crippen molar-refractivity contribution in [3.63, 3.8) is 0 Å². The highest BCUT2D eigenvalue weighted by molar-refractivity contribution is 7.22. The van der Waals surface area contributed by atoms with E-state index in [-0.39, 0.29) is 11.3 Å². The molecule has 0 saturated carbocycles. The van der Waals surface area contributed by atoms with Crippen molar-refractivity contribution in [1.29, 1.82) is 0 Å². The highest BCUT2D eigenvalue weighted by atomic mass is 35.5. The van der Waals surface area contributed by atoms with Crippen molar-refractivity contribution in [3.05, 3.63) is 93.5 Å². The molecule has 1 amide bonds. The van der Waals surface area contributed by atoms with Crippen LogP contribution in [0.2, 0.25) is 5.02 Å². The quantitative estimate of drug-likeness (QED) is 0.203.